The van der Waals surface area contributed by atoms with Crippen LogP contribution >= 0.6 is 0 Å². The minimum absolute atomic E-state index is 0.0827. The van der Waals surface area contributed by atoms with Crippen LogP contribution in [-0.2, 0) is 22.4 Å². The summed E-state index contributed by atoms with van der Waals surface area (Å²) in [6, 6.07) is 7.03. The van der Waals surface area contributed by atoms with Crippen LogP contribution in [0.5, 0.6) is 23.0 Å². The highest BCUT2D eigenvalue weighted by molar-refractivity contribution is 5.96. The van der Waals surface area contributed by atoms with Gasteiger partial charge in [0, 0.05) is 23.1 Å². The van der Waals surface area contributed by atoms with E-state index in [-0.39, 0.29) is 11.3 Å². The third-order valence-electron chi connectivity index (χ3n) is 6.38. The normalized spacial score (nSPS) is 16.1. The third-order valence-corrected chi connectivity index (χ3v) is 6.38. The lowest BCUT2D eigenvalue weighted by atomic mass is 10.0. The Bertz CT molecular complexity index is 1150. The van der Waals surface area contributed by atoms with E-state index in [0.29, 0.717) is 54.8 Å². The van der Waals surface area contributed by atoms with E-state index in [4.69, 9.17) is 24.7 Å². The van der Waals surface area contributed by atoms with E-state index in [1.165, 1.54) is 13.2 Å². The number of hydrogen-bond donors (Lipinski definition) is 2. The Morgan fingerprint density at radius 1 is 1.08 bits per heavy atom. The molecule has 0 saturated heterocycles. The van der Waals surface area contributed by atoms with Gasteiger partial charge in [0.25, 0.3) is 5.91 Å². The van der Waals surface area contributed by atoms with Crippen LogP contribution in [0.25, 0.3) is 6.08 Å². The van der Waals surface area contributed by atoms with Crippen molar-refractivity contribution < 1.29 is 33.6 Å². The van der Waals surface area contributed by atoms with Crippen LogP contribution in [0.15, 0.2) is 30.3 Å². The second kappa shape index (κ2) is 11.4. The minimum Gasteiger partial charge on any atom is -0.507 e. The monoisotopic (exact) mass is 495 g/mol. The molecule has 2 aliphatic rings. The molecule has 2 aromatic carbocycles. The number of amides is 1. The van der Waals surface area contributed by atoms with E-state index in [2.05, 4.69) is 6.92 Å². The fraction of sp³-hybridized carbons (Fsp3) is 0.429. The van der Waals surface area contributed by atoms with Gasteiger partial charge in [0.05, 0.1) is 25.9 Å². The van der Waals surface area contributed by atoms with Gasteiger partial charge in [0.15, 0.2) is 0 Å². The molecule has 0 spiro atoms. The second-order valence-corrected chi connectivity index (χ2v) is 9.13. The zero-order valence-electron chi connectivity index (χ0n) is 20.7. The van der Waals surface area contributed by atoms with Gasteiger partial charge in [-0.25, -0.2) is 4.79 Å². The number of phenols is 1. The fourth-order valence-corrected chi connectivity index (χ4v) is 4.30. The number of hydrogen-bond acceptors (Lipinski definition) is 7. The molecule has 1 fully saturated rings. The molecule has 1 saturated carbocycles. The van der Waals surface area contributed by atoms with Crippen molar-refractivity contribution in [1.29, 1.82) is 0 Å². The standard InChI is InChI=1S/C28H33NO7/c1-3-5-19-22(11-8-18-9-12-24(28(32)33-2)36-26(18)19)34-14-4-15-35-23-13-10-20(27(29)31)25(30)21(23)16-17-6-7-17/h8-13,17,24,30H,3-7,14-16H2,1-2H3,(H2,29,31). The zero-order chi connectivity index (χ0) is 25.7. The summed E-state index contributed by atoms with van der Waals surface area (Å²) in [7, 11) is 1.34. The van der Waals surface area contributed by atoms with Crippen LogP contribution in [0, 0.1) is 5.92 Å². The first-order chi connectivity index (χ1) is 17.4. The average molecular weight is 496 g/mol. The van der Waals surface area contributed by atoms with Gasteiger partial charge in [-0.3, -0.25) is 4.79 Å². The first kappa shape index (κ1) is 25.4. The number of aromatic hydroxyl groups is 1. The Balaban J connectivity index is 1.39. The summed E-state index contributed by atoms with van der Waals surface area (Å²) < 4.78 is 22.8. The van der Waals surface area contributed by atoms with Crippen molar-refractivity contribution in [2.24, 2.45) is 11.7 Å². The van der Waals surface area contributed by atoms with Crippen LogP contribution in [-0.4, -0.2) is 43.4 Å². The summed E-state index contributed by atoms with van der Waals surface area (Å²) in [5.74, 6) is 1.25. The smallest absolute Gasteiger partial charge is 0.351 e. The molecule has 2 aromatic rings. The van der Waals surface area contributed by atoms with E-state index < -0.39 is 18.0 Å². The quantitative estimate of drug-likeness (QED) is 0.335. The van der Waals surface area contributed by atoms with Crippen molar-refractivity contribution in [3.8, 4) is 23.0 Å². The number of methoxy groups -OCH3 is 1. The molecule has 1 atom stereocenters. The molecule has 1 aliphatic heterocycles. The van der Waals surface area contributed by atoms with Crippen molar-refractivity contribution in [1.82, 2.24) is 0 Å². The molecule has 0 aromatic heterocycles. The van der Waals surface area contributed by atoms with Gasteiger partial charge in [0.2, 0.25) is 6.10 Å². The largest absolute Gasteiger partial charge is 0.507 e. The number of ether oxygens (including phenoxy) is 4. The molecule has 1 heterocycles. The van der Waals surface area contributed by atoms with Crippen LogP contribution < -0.4 is 19.9 Å². The number of nitrogens with two attached hydrogens (primary N) is 1. The van der Waals surface area contributed by atoms with E-state index in [1.54, 1.807) is 12.1 Å². The van der Waals surface area contributed by atoms with Crippen molar-refractivity contribution in [3.63, 3.8) is 0 Å². The molecule has 192 valence electrons. The number of esters is 1. The molecule has 1 amide bonds. The van der Waals surface area contributed by atoms with Gasteiger partial charge in [-0.2, -0.15) is 0 Å². The summed E-state index contributed by atoms with van der Waals surface area (Å²) in [5.41, 5.74) is 7.97. The number of primary amides is 1. The molecule has 0 radical (unpaired) electrons. The highest BCUT2D eigenvalue weighted by atomic mass is 16.6. The fourth-order valence-electron chi connectivity index (χ4n) is 4.30. The molecule has 36 heavy (non-hydrogen) atoms. The van der Waals surface area contributed by atoms with Gasteiger partial charge >= 0.3 is 5.97 Å². The van der Waals surface area contributed by atoms with E-state index in [0.717, 1.165) is 36.8 Å². The maximum absolute atomic E-state index is 12.0. The first-order valence-electron chi connectivity index (χ1n) is 12.4. The lowest BCUT2D eigenvalue weighted by Crippen LogP contribution is -2.28. The van der Waals surface area contributed by atoms with Crippen LogP contribution in [0.4, 0.5) is 0 Å². The van der Waals surface area contributed by atoms with Gasteiger partial charge in [-0.1, -0.05) is 19.4 Å². The van der Waals surface area contributed by atoms with Crippen molar-refractivity contribution >= 4 is 18.0 Å². The highest BCUT2D eigenvalue weighted by Crippen LogP contribution is 2.40. The molecule has 8 heteroatoms. The second-order valence-electron chi connectivity index (χ2n) is 9.13. The van der Waals surface area contributed by atoms with Gasteiger partial charge < -0.3 is 29.8 Å². The highest BCUT2D eigenvalue weighted by Gasteiger charge is 2.27. The van der Waals surface area contributed by atoms with Gasteiger partial charge in [-0.05, 0) is 61.9 Å². The van der Waals surface area contributed by atoms with E-state index in [1.807, 2.05) is 18.2 Å². The molecule has 0 bridgehead atoms. The molecule has 4 rings (SSSR count). The first-order valence-corrected chi connectivity index (χ1v) is 12.4. The Kier molecular flexibility index (Phi) is 8.03. The van der Waals surface area contributed by atoms with Gasteiger partial charge in [0.1, 0.15) is 23.0 Å². The van der Waals surface area contributed by atoms with Crippen molar-refractivity contribution in [2.75, 3.05) is 20.3 Å². The molecular formula is C28H33NO7. The number of benzene rings is 2. The predicted octanol–water partition coefficient (Wildman–Crippen LogP) is 4.19. The molecule has 1 unspecified atom stereocenters. The van der Waals surface area contributed by atoms with Crippen LogP contribution in [0.2, 0.25) is 0 Å². The van der Waals surface area contributed by atoms with E-state index in [9.17, 15) is 14.7 Å². The van der Waals surface area contributed by atoms with Crippen LogP contribution in [0.1, 0.15) is 59.7 Å². The molecule has 3 N–H and O–H groups in total. The Morgan fingerprint density at radius 3 is 2.42 bits per heavy atom. The summed E-state index contributed by atoms with van der Waals surface area (Å²) in [4.78, 5) is 23.6. The Labute approximate surface area is 211 Å². The summed E-state index contributed by atoms with van der Waals surface area (Å²) in [6.07, 6.45) is 7.90. The summed E-state index contributed by atoms with van der Waals surface area (Å²) in [5, 5.41) is 10.6. The summed E-state index contributed by atoms with van der Waals surface area (Å²) in [6.45, 7) is 2.87. The number of carbonyl (C=O) groups is 2. The number of rotatable bonds is 12. The molecule has 8 nitrogen and oxygen atoms in total. The maximum Gasteiger partial charge on any atom is 0.351 e. The predicted molar refractivity (Wildman–Crippen MR) is 135 cm³/mol. The number of carbonyl (C=O) groups excluding carboxylic acids is 2. The zero-order valence-corrected chi connectivity index (χ0v) is 20.7. The van der Waals surface area contributed by atoms with E-state index >= 15 is 0 Å². The molecular weight excluding hydrogens is 462 g/mol. The maximum atomic E-state index is 12.0. The SMILES string of the molecule is CCCc1c(OCCCOc2ccc(C(N)=O)c(O)c2CC2CC2)ccc2c1OC(C(=O)OC)C=C2. The van der Waals surface area contributed by atoms with Gasteiger partial charge in [-0.15, -0.1) is 0 Å². The topological polar surface area (TPSA) is 117 Å². The van der Waals surface area contributed by atoms with Crippen molar-refractivity contribution in [3.05, 3.63) is 52.6 Å². The van der Waals surface area contributed by atoms with Crippen molar-refractivity contribution in [2.45, 2.75) is 51.6 Å². The Morgan fingerprint density at radius 2 is 1.78 bits per heavy atom. The van der Waals surface area contributed by atoms with Crippen LogP contribution in [0.3, 0.4) is 0 Å². The lowest BCUT2D eigenvalue weighted by Gasteiger charge is -2.24. The molecule has 1 aliphatic carbocycles. The third kappa shape index (κ3) is 5.75. The lowest BCUT2D eigenvalue weighted by molar-refractivity contribution is -0.146. The average Bonchev–Trinajstić information content (AvgIpc) is 3.70. The minimum atomic E-state index is -0.774. The Hall–Kier alpha value is -3.68. The summed E-state index contributed by atoms with van der Waals surface area (Å²) >= 11 is 0. The number of fused-ring (bicyclic) bond motifs is 1.